The molecule has 2 aliphatic heterocycles. The maximum absolute atomic E-state index is 11.7. The Kier molecular flexibility index (Phi) is 4.80. The second-order valence-electron chi connectivity index (χ2n) is 6.68. The zero-order valence-electron chi connectivity index (χ0n) is 13.7. The van der Waals surface area contributed by atoms with E-state index >= 15 is 0 Å². The van der Waals surface area contributed by atoms with Crippen molar-refractivity contribution in [3.63, 3.8) is 0 Å². The average Bonchev–Trinajstić information content (AvgIpc) is 3.10. The number of aliphatic carboxylic acids is 1. The lowest BCUT2D eigenvalue weighted by Gasteiger charge is -2.39. The third-order valence-corrected chi connectivity index (χ3v) is 5.25. The van der Waals surface area contributed by atoms with Gasteiger partial charge < -0.3 is 14.7 Å². The van der Waals surface area contributed by atoms with Gasteiger partial charge in [-0.15, -0.1) is 0 Å². The molecule has 0 bridgehead atoms. The van der Waals surface area contributed by atoms with Gasteiger partial charge in [0.05, 0.1) is 17.7 Å². The molecule has 0 unspecified atom stereocenters. The summed E-state index contributed by atoms with van der Waals surface area (Å²) >= 11 is 0. The maximum atomic E-state index is 11.7. The number of anilines is 1. The van der Waals surface area contributed by atoms with E-state index in [0.29, 0.717) is 18.8 Å². The number of carboxylic acid groups (broad SMARTS) is 1. The van der Waals surface area contributed by atoms with E-state index in [4.69, 9.17) is 4.74 Å². The lowest BCUT2D eigenvalue weighted by Crippen LogP contribution is -2.44. The summed E-state index contributed by atoms with van der Waals surface area (Å²) in [6.45, 7) is 5.06. The Morgan fingerprint density at radius 3 is 2.83 bits per heavy atom. The Morgan fingerprint density at radius 2 is 2.22 bits per heavy atom. The summed E-state index contributed by atoms with van der Waals surface area (Å²) in [4.78, 5) is 22.7. The molecular formula is C17H25N3O3. The monoisotopic (exact) mass is 319 g/mol. The molecular weight excluding hydrogens is 294 g/mol. The van der Waals surface area contributed by atoms with Gasteiger partial charge in [0.1, 0.15) is 12.1 Å². The number of aromatic nitrogens is 2. The highest BCUT2D eigenvalue weighted by atomic mass is 16.5. The molecule has 3 rings (SSSR count). The maximum Gasteiger partial charge on any atom is 0.309 e. The quantitative estimate of drug-likeness (QED) is 0.898. The molecule has 0 aromatic carbocycles. The zero-order valence-corrected chi connectivity index (χ0v) is 13.7. The number of piperidine rings is 1. The van der Waals surface area contributed by atoms with Crippen LogP contribution in [0.25, 0.3) is 0 Å². The average molecular weight is 319 g/mol. The van der Waals surface area contributed by atoms with Crippen molar-refractivity contribution in [3.8, 4) is 0 Å². The molecule has 1 aromatic heterocycles. The Morgan fingerprint density at radius 1 is 1.43 bits per heavy atom. The normalized spacial score (nSPS) is 23.9. The number of hydrogen-bond donors (Lipinski definition) is 1. The zero-order chi connectivity index (χ0) is 16.3. The van der Waals surface area contributed by atoms with E-state index in [9.17, 15) is 9.90 Å². The molecule has 2 fully saturated rings. The molecule has 2 saturated heterocycles. The minimum atomic E-state index is -0.648. The minimum absolute atomic E-state index is 0.361. The summed E-state index contributed by atoms with van der Waals surface area (Å²) in [7, 11) is 0. The topological polar surface area (TPSA) is 75.5 Å². The van der Waals surface area contributed by atoms with Crippen LogP contribution in [0.2, 0.25) is 0 Å². The van der Waals surface area contributed by atoms with Gasteiger partial charge in [0.25, 0.3) is 0 Å². The first kappa shape index (κ1) is 16.2. The summed E-state index contributed by atoms with van der Waals surface area (Å²) in [5.41, 5.74) is 0.483. The van der Waals surface area contributed by atoms with Crippen LogP contribution in [0.3, 0.4) is 0 Å². The largest absolute Gasteiger partial charge is 0.481 e. The van der Waals surface area contributed by atoms with Crippen molar-refractivity contribution < 1.29 is 14.6 Å². The fourth-order valence-corrected chi connectivity index (χ4v) is 3.74. The lowest BCUT2D eigenvalue weighted by atomic mass is 9.75. The number of hydrogen-bond acceptors (Lipinski definition) is 5. The molecule has 6 heteroatoms. The smallest absolute Gasteiger partial charge is 0.309 e. The highest BCUT2D eigenvalue weighted by Crippen LogP contribution is 2.37. The Hall–Kier alpha value is -1.69. The highest BCUT2D eigenvalue weighted by Gasteiger charge is 2.40. The van der Waals surface area contributed by atoms with Crippen LogP contribution in [0.4, 0.5) is 5.82 Å². The molecule has 1 N–H and O–H groups in total. The Labute approximate surface area is 136 Å². The van der Waals surface area contributed by atoms with E-state index < -0.39 is 11.4 Å². The van der Waals surface area contributed by atoms with Gasteiger partial charge in [-0.2, -0.15) is 0 Å². The van der Waals surface area contributed by atoms with Crippen LogP contribution >= 0.6 is 0 Å². The second kappa shape index (κ2) is 6.83. The molecule has 6 nitrogen and oxygen atoms in total. The third kappa shape index (κ3) is 3.32. The van der Waals surface area contributed by atoms with Crippen molar-refractivity contribution in [2.45, 2.75) is 44.9 Å². The first-order valence-corrected chi connectivity index (χ1v) is 8.53. The molecule has 3 heterocycles. The number of ether oxygens (including phenoxy) is 1. The van der Waals surface area contributed by atoms with Gasteiger partial charge in [-0.1, -0.05) is 13.3 Å². The number of carbonyl (C=O) groups is 1. The summed E-state index contributed by atoms with van der Waals surface area (Å²) in [5.74, 6) is 0.627. The standard InChI is InChI=1S/C17H25N3O3/c1-2-4-17(16(21)22)5-7-20(8-6-17)15-10-14(18-12-19-15)13-3-9-23-11-13/h10,12-13H,2-9,11H2,1H3,(H,21,22)/t13-/m0/s1. The van der Waals surface area contributed by atoms with Crippen molar-refractivity contribution in [1.82, 2.24) is 9.97 Å². The summed E-state index contributed by atoms with van der Waals surface area (Å²) in [6, 6.07) is 2.05. The van der Waals surface area contributed by atoms with Gasteiger partial charge in [-0.25, -0.2) is 9.97 Å². The SMILES string of the molecule is CCCC1(C(=O)O)CCN(c2cc([C@H]3CCOC3)ncn2)CC1. The number of carboxylic acids is 1. The van der Waals surface area contributed by atoms with Crippen LogP contribution in [0, 0.1) is 5.41 Å². The van der Waals surface area contributed by atoms with E-state index in [-0.39, 0.29) is 0 Å². The van der Waals surface area contributed by atoms with Gasteiger partial charge in [0.15, 0.2) is 0 Å². The minimum Gasteiger partial charge on any atom is -0.481 e. The number of nitrogens with zero attached hydrogens (tertiary/aromatic N) is 3. The summed E-state index contributed by atoms with van der Waals surface area (Å²) < 4.78 is 5.44. The van der Waals surface area contributed by atoms with Gasteiger partial charge in [0, 0.05) is 31.7 Å². The molecule has 1 aromatic rings. The van der Waals surface area contributed by atoms with Crippen LogP contribution in [-0.4, -0.2) is 47.3 Å². The first-order valence-electron chi connectivity index (χ1n) is 8.53. The molecule has 0 aliphatic carbocycles. The lowest BCUT2D eigenvalue weighted by molar-refractivity contribution is -0.150. The van der Waals surface area contributed by atoms with E-state index in [1.165, 1.54) is 0 Å². The Bertz CT molecular complexity index is 550. The van der Waals surface area contributed by atoms with E-state index in [1.807, 2.05) is 6.07 Å². The highest BCUT2D eigenvalue weighted by molar-refractivity contribution is 5.75. The van der Waals surface area contributed by atoms with Crippen LogP contribution in [0.1, 0.15) is 50.6 Å². The molecule has 0 amide bonds. The van der Waals surface area contributed by atoms with Crippen molar-refractivity contribution in [3.05, 3.63) is 18.1 Å². The summed E-state index contributed by atoms with van der Waals surface area (Å²) in [5, 5.41) is 9.61. The van der Waals surface area contributed by atoms with Gasteiger partial charge in [-0.05, 0) is 25.7 Å². The third-order valence-electron chi connectivity index (χ3n) is 5.25. The van der Waals surface area contributed by atoms with Gasteiger partial charge in [0.2, 0.25) is 0 Å². The van der Waals surface area contributed by atoms with E-state index in [0.717, 1.165) is 57.1 Å². The van der Waals surface area contributed by atoms with Crippen LogP contribution in [0.15, 0.2) is 12.4 Å². The molecule has 1 atom stereocenters. The van der Waals surface area contributed by atoms with Crippen molar-refractivity contribution in [1.29, 1.82) is 0 Å². The second-order valence-corrected chi connectivity index (χ2v) is 6.68. The molecule has 0 saturated carbocycles. The molecule has 0 radical (unpaired) electrons. The molecule has 23 heavy (non-hydrogen) atoms. The van der Waals surface area contributed by atoms with Crippen LogP contribution in [-0.2, 0) is 9.53 Å². The fourth-order valence-electron chi connectivity index (χ4n) is 3.74. The predicted molar refractivity (Wildman–Crippen MR) is 86.6 cm³/mol. The predicted octanol–water partition coefficient (Wildman–Crippen LogP) is 2.45. The van der Waals surface area contributed by atoms with Crippen LogP contribution < -0.4 is 4.90 Å². The molecule has 0 spiro atoms. The van der Waals surface area contributed by atoms with E-state index in [1.54, 1.807) is 6.33 Å². The van der Waals surface area contributed by atoms with Crippen molar-refractivity contribution in [2.24, 2.45) is 5.41 Å². The van der Waals surface area contributed by atoms with Crippen molar-refractivity contribution in [2.75, 3.05) is 31.2 Å². The Balaban J connectivity index is 1.70. The fraction of sp³-hybridized carbons (Fsp3) is 0.706. The first-order chi connectivity index (χ1) is 11.1. The van der Waals surface area contributed by atoms with Crippen LogP contribution in [0.5, 0.6) is 0 Å². The van der Waals surface area contributed by atoms with Gasteiger partial charge in [-0.3, -0.25) is 4.79 Å². The summed E-state index contributed by atoms with van der Waals surface area (Å²) in [6.07, 6.45) is 5.66. The molecule has 2 aliphatic rings. The number of rotatable bonds is 5. The van der Waals surface area contributed by atoms with Crippen molar-refractivity contribution >= 4 is 11.8 Å². The van der Waals surface area contributed by atoms with E-state index in [2.05, 4.69) is 21.8 Å². The molecule has 126 valence electrons. The van der Waals surface area contributed by atoms with Gasteiger partial charge >= 0.3 is 5.97 Å².